The van der Waals surface area contributed by atoms with Gasteiger partial charge in [-0.1, -0.05) is 6.92 Å². The number of rotatable bonds is 4. The molecule has 0 heterocycles. The van der Waals surface area contributed by atoms with Crippen LogP contribution in [0.5, 0.6) is 0 Å². The average Bonchev–Trinajstić information content (AvgIpc) is 2.30. The van der Waals surface area contributed by atoms with Crippen molar-refractivity contribution in [2.45, 2.75) is 25.9 Å². The molecule has 0 radical (unpaired) electrons. The zero-order valence-corrected chi connectivity index (χ0v) is 11.5. The summed E-state index contributed by atoms with van der Waals surface area (Å²) >= 11 is 3.26. The highest BCUT2D eigenvalue weighted by Crippen LogP contribution is 2.20. The first kappa shape index (κ1) is 14.0. The highest BCUT2D eigenvalue weighted by molar-refractivity contribution is 9.10. The Labute approximate surface area is 109 Å². The average molecular weight is 301 g/mol. The normalized spacial score (nSPS) is 14.1. The summed E-state index contributed by atoms with van der Waals surface area (Å²) in [5.41, 5.74) is 5.86. The fourth-order valence-corrected chi connectivity index (χ4v) is 1.54. The number of aliphatic hydroxyl groups is 1. The Morgan fingerprint density at radius 3 is 2.76 bits per heavy atom. The predicted octanol–water partition coefficient (Wildman–Crippen LogP) is 1.92. The third kappa shape index (κ3) is 4.02. The van der Waals surface area contributed by atoms with Crippen molar-refractivity contribution in [2.75, 3.05) is 12.3 Å². The molecule has 1 aromatic carbocycles. The van der Waals surface area contributed by atoms with Gasteiger partial charge in [0.05, 0.1) is 5.60 Å². The summed E-state index contributed by atoms with van der Waals surface area (Å²) < 4.78 is 0.687. The molecule has 0 aliphatic rings. The fraction of sp³-hybridized carbons (Fsp3) is 0.417. The standard InChI is InChI=1S/C12H17BrN2O2/c1-3-12(2,17)7-15-11(16)8-4-5-10(14)9(13)6-8/h4-6,17H,3,7,14H2,1-2H3,(H,15,16). The lowest BCUT2D eigenvalue weighted by atomic mass is 10.0. The number of amides is 1. The number of hydrogen-bond donors (Lipinski definition) is 3. The number of nitrogen functional groups attached to an aromatic ring is 1. The molecule has 0 bridgehead atoms. The zero-order chi connectivity index (χ0) is 13.1. The Morgan fingerprint density at radius 2 is 2.24 bits per heavy atom. The molecule has 4 nitrogen and oxygen atoms in total. The number of anilines is 1. The summed E-state index contributed by atoms with van der Waals surface area (Å²) in [6.07, 6.45) is 0.582. The number of carbonyl (C=O) groups is 1. The van der Waals surface area contributed by atoms with E-state index >= 15 is 0 Å². The first-order valence-electron chi connectivity index (χ1n) is 5.41. The van der Waals surface area contributed by atoms with E-state index in [2.05, 4.69) is 21.2 Å². The molecule has 4 N–H and O–H groups in total. The van der Waals surface area contributed by atoms with Gasteiger partial charge in [0.15, 0.2) is 0 Å². The summed E-state index contributed by atoms with van der Waals surface area (Å²) in [5.74, 6) is -0.223. The van der Waals surface area contributed by atoms with Gasteiger partial charge in [0.2, 0.25) is 0 Å². The van der Waals surface area contributed by atoms with Gasteiger partial charge >= 0.3 is 0 Å². The summed E-state index contributed by atoms with van der Waals surface area (Å²) in [5, 5.41) is 12.5. The summed E-state index contributed by atoms with van der Waals surface area (Å²) in [7, 11) is 0. The van der Waals surface area contributed by atoms with Crippen LogP contribution in [0.2, 0.25) is 0 Å². The zero-order valence-electron chi connectivity index (χ0n) is 9.96. The first-order chi connectivity index (χ1) is 7.85. The first-order valence-corrected chi connectivity index (χ1v) is 6.20. The Balaban J connectivity index is 2.68. The van der Waals surface area contributed by atoms with Crippen molar-refractivity contribution >= 4 is 27.5 Å². The Hall–Kier alpha value is -1.07. The molecule has 0 saturated heterocycles. The van der Waals surface area contributed by atoms with Crippen molar-refractivity contribution < 1.29 is 9.90 Å². The number of hydrogen-bond acceptors (Lipinski definition) is 3. The van der Waals surface area contributed by atoms with E-state index < -0.39 is 5.60 Å². The lowest BCUT2D eigenvalue weighted by Gasteiger charge is -2.21. The molecule has 0 saturated carbocycles. The van der Waals surface area contributed by atoms with Gasteiger partial charge < -0.3 is 16.2 Å². The molecule has 1 aromatic rings. The van der Waals surface area contributed by atoms with Crippen molar-refractivity contribution in [1.82, 2.24) is 5.32 Å². The second-order valence-corrected chi connectivity index (χ2v) is 5.12. The van der Waals surface area contributed by atoms with E-state index in [9.17, 15) is 9.90 Å². The molecule has 5 heteroatoms. The predicted molar refractivity (Wildman–Crippen MR) is 71.8 cm³/mol. The quantitative estimate of drug-likeness (QED) is 0.744. The van der Waals surface area contributed by atoms with Crippen LogP contribution >= 0.6 is 15.9 Å². The van der Waals surface area contributed by atoms with Crippen LogP contribution in [0, 0.1) is 0 Å². The minimum Gasteiger partial charge on any atom is -0.398 e. The van der Waals surface area contributed by atoms with Gasteiger partial charge in [0.25, 0.3) is 5.91 Å². The monoisotopic (exact) mass is 300 g/mol. The van der Waals surface area contributed by atoms with Crippen molar-refractivity contribution in [3.05, 3.63) is 28.2 Å². The van der Waals surface area contributed by atoms with Crippen LogP contribution < -0.4 is 11.1 Å². The highest BCUT2D eigenvalue weighted by atomic mass is 79.9. The maximum atomic E-state index is 11.8. The second kappa shape index (κ2) is 5.51. The van der Waals surface area contributed by atoms with E-state index in [-0.39, 0.29) is 12.5 Å². The van der Waals surface area contributed by atoms with Gasteiger partial charge in [-0.2, -0.15) is 0 Å². The van der Waals surface area contributed by atoms with Gasteiger partial charge in [0.1, 0.15) is 0 Å². The van der Waals surface area contributed by atoms with Gasteiger partial charge in [-0.05, 0) is 47.5 Å². The maximum Gasteiger partial charge on any atom is 0.251 e. The largest absolute Gasteiger partial charge is 0.398 e. The molecule has 1 amide bonds. The molecule has 1 unspecified atom stereocenters. The minimum atomic E-state index is -0.874. The third-order valence-corrected chi connectivity index (χ3v) is 3.34. The number of carbonyl (C=O) groups excluding carboxylic acids is 1. The molecule has 1 rings (SSSR count). The molecular formula is C12H17BrN2O2. The van der Waals surface area contributed by atoms with E-state index in [1.807, 2.05) is 6.92 Å². The van der Waals surface area contributed by atoms with Crippen LogP contribution in [-0.2, 0) is 0 Å². The molecule has 0 spiro atoms. The molecule has 94 valence electrons. The van der Waals surface area contributed by atoms with Crippen molar-refractivity contribution in [1.29, 1.82) is 0 Å². The van der Waals surface area contributed by atoms with Crippen LogP contribution in [0.15, 0.2) is 22.7 Å². The topological polar surface area (TPSA) is 75.3 Å². The SMILES string of the molecule is CCC(C)(O)CNC(=O)c1ccc(N)c(Br)c1. The van der Waals surface area contributed by atoms with Gasteiger partial charge in [0, 0.05) is 22.3 Å². The van der Waals surface area contributed by atoms with Gasteiger partial charge in [-0.15, -0.1) is 0 Å². The summed E-state index contributed by atoms with van der Waals surface area (Å²) in [6.45, 7) is 3.78. The summed E-state index contributed by atoms with van der Waals surface area (Å²) in [6, 6.07) is 4.97. The molecule has 0 aliphatic carbocycles. The van der Waals surface area contributed by atoms with Crippen LogP contribution in [0.3, 0.4) is 0 Å². The Bertz CT molecular complexity index is 419. The van der Waals surface area contributed by atoms with Crippen LogP contribution in [-0.4, -0.2) is 23.2 Å². The van der Waals surface area contributed by atoms with Gasteiger partial charge in [-0.25, -0.2) is 0 Å². The molecule has 0 aliphatic heterocycles. The van der Waals surface area contributed by atoms with E-state index in [0.717, 1.165) is 0 Å². The Kier molecular flexibility index (Phi) is 4.54. The van der Waals surface area contributed by atoms with Crippen molar-refractivity contribution in [2.24, 2.45) is 0 Å². The van der Waals surface area contributed by atoms with E-state index in [4.69, 9.17) is 5.73 Å². The van der Waals surface area contributed by atoms with Crippen LogP contribution in [0.1, 0.15) is 30.6 Å². The van der Waals surface area contributed by atoms with E-state index in [1.165, 1.54) is 0 Å². The maximum absolute atomic E-state index is 11.8. The molecular weight excluding hydrogens is 284 g/mol. The van der Waals surface area contributed by atoms with E-state index in [1.54, 1.807) is 25.1 Å². The van der Waals surface area contributed by atoms with E-state index in [0.29, 0.717) is 22.1 Å². The number of nitrogens with one attached hydrogen (secondary N) is 1. The lowest BCUT2D eigenvalue weighted by Crippen LogP contribution is -2.40. The van der Waals surface area contributed by atoms with Crippen LogP contribution in [0.25, 0.3) is 0 Å². The fourth-order valence-electron chi connectivity index (χ4n) is 1.17. The smallest absolute Gasteiger partial charge is 0.251 e. The highest BCUT2D eigenvalue weighted by Gasteiger charge is 2.18. The van der Waals surface area contributed by atoms with Gasteiger partial charge in [-0.3, -0.25) is 4.79 Å². The van der Waals surface area contributed by atoms with Crippen LogP contribution in [0.4, 0.5) is 5.69 Å². The second-order valence-electron chi connectivity index (χ2n) is 4.27. The number of nitrogens with two attached hydrogens (primary N) is 1. The third-order valence-electron chi connectivity index (χ3n) is 2.65. The van der Waals surface area contributed by atoms with Crippen molar-refractivity contribution in [3.8, 4) is 0 Å². The molecule has 0 aromatic heterocycles. The van der Waals surface area contributed by atoms with Crippen molar-refractivity contribution in [3.63, 3.8) is 0 Å². The summed E-state index contributed by atoms with van der Waals surface area (Å²) in [4.78, 5) is 11.8. The molecule has 1 atom stereocenters. The molecule has 17 heavy (non-hydrogen) atoms. The minimum absolute atomic E-state index is 0.223. The number of halogens is 1. The number of benzene rings is 1. The Morgan fingerprint density at radius 1 is 1.59 bits per heavy atom. The molecule has 0 fully saturated rings. The lowest BCUT2D eigenvalue weighted by molar-refractivity contribution is 0.0518.